The van der Waals surface area contributed by atoms with Crippen LogP contribution < -0.4 is 5.32 Å². The summed E-state index contributed by atoms with van der Waals surface area (Å²) in [6.07, 6.45) is 5.55. The molecule has 1 heterocycles. The van der Waals surface area contributed by atoms with E-state index in [1.165, 1.54) is 0 Å². The second kappa shape index (κ2) is 5.26. The summed E-state index contributed by atoms with van der Waals surface area (Å²) in [5.74, 6) is 0.699. The number of hydrogen-bond donors (Lipinski definition) is 1. The molecule has 0 fully saturated rings. The molecule has 1 aromatic rings. The van der Waals surface area contributed by atoms with Crippen molar-refractivity contribution < 1.29 is 4.21 Å². The van der Waals surface area contributed by atoms with Gasteiger partial charge in [-0.1, -0.05) is 0 Å². The lowest BCUT2D eigenvalue weighted by Crippen LogP contribution is -2.23. The Bertz CT molecular complexity index is 311. The van der Waals surface area contributed by atoms with Crippen molar-refractivity contribution in [1.29, 1.82) is 0 Å². The van der Waals surface area contributed by atoms with E-state index in [0.29, 0.717) is 5.75 Å². The molecule has 0 radical (unpaired) electrons. The van der Waals surface area contributed by atoms with Gasteiger partial charge in [0.2, 0.25) is 0 Å². The second-order valence-electron chi connectivity index (χ2n) is 3.40. The Morgan fingerprint density at radius 3 is 2.93 bits per heavy atom. The molecule has 4 nitrogen and oxygen atoms in total. The molecule has 1 rings (SSSR count). The van der Waals surface area contributed by atoms with Crippen molar-refractivity contribution in [3.63, 3.8) is 0 Å². The molecule has 1 N–H and O–H groups in total. The molecule has 0 bridgehead atoms. The minimum Gasteiger partial charge on any atom is -0.309 e. The number of nitrogens with one attached hydrogen (secondary N) is 1. The minimum atomic E-state index is -0.717. The molecule has 14 heavy (non-hydrogen) atoms. The van der Waals surface area contributed by atoms with Crippen LogP contribution in [0.1, 0.15) is 18.5 Å². The number of aryl methyl sites for hydroxylation is 1. The Balaban J connectivity index is 2.35. The Kier molecular flexibility index (Phi) is 4.28. The van der Waals surface area contributed by atoms with Crippen LogP contribution in [0.15, 0.2) is 12.4 Å². The van der Waals surface area contributed by atoms with Crippen LogP contribution in [0, 0.1) is 0 Å². The quantitative estimate of drug-likeness (QED) is 0.775. The van der Waals surface area contributed by atoms with E-state index in [-0.39, 0.29) is 6.04 Å². The smallest absolute Gasteiger partial charge is 0.0537 e. The fourth-order valence-corrected chi connectivity index (χ4v) is 1.61. The normalized spacial score (nSPS) is 15.4. The third kappa shape index (κ3) is 3.59. The maximum atomic E-state index is 10.8. The molecule has 0 aliphatic heterocycles. The fraction of sp³-hybridized carbons (Fsp3) is 0.667. The summed E-state index contributed by atoms with van der Waals surface area (Å²) in [5, 5.41) is 7.39. The molecule has 0 aliphatic carbocycles. The van der Waals surface area contributed by atoms with Gasteiger partial charge in [0.15, 0.2) is 0 Å². The van der Waals surface area contributed by atoms with Gasteiger partial charge in [0.1, 0.15) is 0 Å². The zero-order valence-corrected chi connectivity index (χ0v) is 9.67. The first-order valence-corrected chi connectivity index (χ1v) is 6.34. The van der Waals surface area contributed by atoms with Crippen LogP contribution in [0.3, 0.4) is 0 Å². The highest BCUT2D eigenvalue weighted by molar-refractivity contribution is 7.84. The van der Waals surface area contributed by atoms with E-state index in [1.54, 1.807) is 10.9 Å². The van der Waals surface area contributed by atoms with Gasteiger partial charge in [-0.25, -0.2) is 0 Å². The molecule has 0 saturated heterocycles. The van der Waals surface area contributed by atoms with Gasteiger partial charge < -0.3 is 5.32 Å². The predicted molar refractivity (Wildman–Crippen MR) is 58.6 cm³/mol. The molecule has 5 heteroatoms. The Hall–Kier alpha value is -0.680. The highest BCUT2D eigenvalue weighted by atomic mass is 32.2. The van der Waals surface area contributed by atoms with Crippen LogP contribution in [0.25, 0.3) is 0 Å². The molecule has 0 saturated carbocycles. The van der Waals surface area contributed by atoms with Crippen molar-refractivity contribution in [3.05, 3.63) is 18.0 Å². The number of nitrogens with zero attached hydrogens (tertiary/aromatic N) is 2. The number of hydrogen-bond acceptors (Lipinski definition) is 3. The van der Waals surface area contributed by atoms with Gasteiger partial charge in [0, 0.05) is 54.2 Å². The molecule has 80 valence electrons. The van der Waals surface area contributed by atoms with Gasteiger partial charge in [-0.15, -0.1) is 0 Å². The molecule has 1 aromatic heterocycles. The lowest BCUT2D eigenvalue weighted by atomic mass is 10.2. The van der Waals surface area contributed by atoms with Gasteiger partial charge in [-0.05, 0) is 6.92 Å². The molecular weight excluding hydrogens is 198 g/mol. The first kappa shape index (κ1) is 11.4. The third-order valence-electron chi connectivity index (χ3n) is 2.06. The standard InChI is InChI=1S/C9H17N3OS/c1-8(10-4-5-14(3)13)9-6-11-12(2)7-9/h6-8,10H,4-5H2,1-3H3. The summed E-state index contributed by atoms with van der Waals surface area (Å²) in [5.41, 5.74) is 1.16. The summed E-state index contributed by atoms with van der Waals surface area (Å²) in [6, 6.07) is 0.271. The fourth-order valence-electron chi connectivity index (χ4n) is 1.20. The first-order valence-electron chi connectivity index (χ1n) is 4.61. The molecule has 0 aromatic carbocycles. The highest BCUT2D eigenvalue weighted by Gasteiger charge is 2.05. The van der Waals surface area contributed by atoms with Crippen molar-refractivity contribution in [2.45, 2.75) is 13.0 Å². The summed E-state index contributed by atoms with van der Waals surface area (Å²) >= 11 is 0. The van der Waals surface area contributed by atoms with Crippen molar-refractivity contribution >= 4 is 10.8 Å². The Morgan fingerprint density at radius 1 is 1.71 bits per heavy atom. The predicted octanol–water partition coefficient (Wildman–Crippen LogP) is 0.449. The van der Waals surface area contributed by atoms with E-state index in [9.17, 15) is 4.21 Å². The third-order valence-corrected chi connectivity index (χ3v) is 2.84. The highest BCUT2D eigenvalue weighted by Crippen LogP contribution is 2.09. The van der Waals surface area contributed by atoms with E-state index in [1.807, 2.05) is 19.4 Å². The second-order valence-corrected chi connectivity index (χ2v) is 4.96. The van der Waals surface area contributed by atoms with E-state index in [0.717, 1.165) is 12.1 Å². The van der Waals surface area contributed by atoms with E-state index < -0.39 is 10.8 Å². The van der Waals surface area contributed by atoms with E-state index in [2.05, 4.69) is 17.3 Å². The zero-order chi connectivity index (χ0) is 10.6. The Labute approximate surface area is 87.2 Å². The van der Waals surface area contributed by atoms with Gasteiger partial charge in [-0.3, -0.25) is 8.89 Å². The first-order chi connectivity index (χ1) is 6.59. The van der Waals surface area contributed by atoms with Gasteiger partial charge in [0.05, 0.1) is 6.20 Å². The molecular formula is C9H17N3OS. The van der Waals surface area contributed by atoms with Crippen LogP contribution in [0.2, 0.25) is 0 Å². The van der Waals surface area contributed by atoms with Crippen molar-refractivity contribution in [1.82, 2.24) is 15.1 Å². The minimum absolute atomic E-state index is 0.271. The molecule has 2 atom stereocenters. The lowest BCUT2D eigenvalue weighted by Gasteiger charge is -2.10. The number of aromatic nitrogens is 2. The maximum Gasteiger partial charge on any atom is 0.0537 e. The Morgan fingerprint density at radius 2 is 2.43 bits per heavy atom. The van der Waals surface area contributed by atoms with Gasteiger partial charge in [0.25, 0.3) is 0 Å². The van der Waals surface area contributed by atoms with Crippen molar-refractivity contribution in [3.8, 4) is 0 Å². The summed E-state index contributed by atoms with van der Waals surface area (Å²) in [4.78, 5) is 0. The molecule has 0 aliphatic rings. The van der Waals surface area contributed by atoms with Crippen LogP contribution in [-0.4, -0.2) is 32.5 Å². The van der Waals surface area contributed by atoms with E-state index in [4.69, 9.17) is 0 Å². The van der Waals surface area contributed by atoms with Crippen LogP contribution in [0.5, 0.6) is 0 Å². The maximum absolute atomic E-state index is 10.8. The molecule has 2 unspecified atom stereocenters. The monoisotopic (exact) mass is 215 g/mol. The van der Waals surface area contributed by atoms with Crippen LogP contribution >= 0.6 is 0 Å². The largest absolute Gasteiger partial charge is 0.309 e. The summed E-state index contributed by atoms with van der Waals surface area (Å²) in [6.45, 7) is 2.86. The molecule has 0 amide bonds. The lowest BCUT2D eigenvalue weighted by molar-refractivity contribution is 0.596. The summed E-state index contributed by atoms with van der Waals surface area (Å²) < 4.78 is 12.6. The van der Waals surface area contributed by atoms with Crippen molar-refractivity contribution in [2.75, 3.05) is 18.6 Å². The van der Waals surface area contributed by atoms with Crippen LogP contribution in [-0.2, 0) is 17.8 Å². The van der Waals surface area contributed by atoms with E-state index >= 15 is 0 Å². The average Bonchev–Trinajstić information content (AvgIpc) is 2.51. The topological polar surface area (TPSA) is 46.9 Å². The van der Waals surface area contributed by atoms with Crippen molar-refractivity contribution in [2.24, 2.45) is 7.05 Å². The zero-order valence-electron chi connectivity index (χ0n) is 8.86. The number of rotatable bonds is 5. The average molecular weight is 215 g/mol. The summed E-state index contributed by atoms with van der Waals surface area (Å²) in [7, 11) is 1.18. The van der Waals surface area contributed by atoms with Gasteiger partial charge >= 0.3 is 0 Å². The SMILES string of the molecule is CC(NCCS(C)=O)c1cnn(C)c1. The van der Waals surface area contributed by atoms with Gasteiger partial charge in [-0.2, -0.15) is 5.10 Å². The van der Waals surface area contributed by atoms with Crippen LogP contribution in [0.4, 0.5) is 0 Å². The molecule has 0 spiro atoms.